The first-order chi connectivity index (χ1) is 9.40. The quantitative estimate of drug-likeness (QED) is 0.741. The van der Waals surface area contributed by atoms with E-state index in [1.54, 1.807) is 0 Å². The van der Waals surface area contributed by atoms with Crippen molar-refractivity contribution >= 4 is 0 Å². The van der Waals surface area contributed by atoms with Crippen LogP contribution >= 0.6 is 0 Å². The van der Waals surface area contributed by atoms with Crippen LogP contribution in [0.1, 0.15) is 54.4 Å². The molecule has 0 aliphatic carbocycles. The second kappa shape index (κ2) is 8.35. The Balaban J connectivity index is 2.54. The predicted octanol–water partition coefficient (Wildman–Crippen LogP) is 3.15. The van der Waals surface area contributed by atoms with Crippen LogP contribution in [0.4, 0.5) is 0 Å². The van der Waals surface area contributed by atoms with E-state index in [1.165, 1.54) is 19.4 Å². The Morgan fingerprint density at radius 3 is 2.60 bits per heavy atom. The lowest BCUT2D eigenvalue weighted by Gasteiger charge is -2.43. The molecule has 1 aliphatic heterocycles. The molecular formula is C17H36N2O. The molecule has 3 atom stereocenters. The van der Waals surface area contributed by atoms with E-state index in [9.17, 15) is 0 Å². The van der Waals surface area contributed by atoms with Crippen molar-refractivity contribution in [2.24, 2.45) is 11.3 Å². The van der Waals surface area contributed by atoms with Gasteiger partial charge in [0.15, 0.2) is 0 Å². The molecule has 0 aromatic rings. The summed E-state index contributed by atoms with van der Waals surface area (Å²) in [5, 5.41) is 3.65. The van der Waals surface area contributed by atoms with Crippen LogP contribution < -0.4 is 5.32 Å². The number of rotatable bonds is 8. The fourth-order valence-corrected chi connectivity index (χ4v) is 2.93. The van der Waals surface area contributed by atoms with Crippen molar-refractivity contribution in [1.82, 2.24) is 10.2 Å². The number of hydrogen-bond acceptors (Lipinski definition) is 3. The minimum absolute atomic E-state index is 0.360. The summed E-state index contributed by atoms with van der Waals surface area (Å²) in [4.78, 5) is 2.66. The van der Waals surface area contributed by atoms with Crippen molar-refractivity contribution in [2.75, 3.05) is 32.8 Å². The summed E-state index contributed by atoms with van der Waals surface area (Å²) in [6, 6.07) is 0.599. The van der Waals surface area contributed by atoms with E-state index >= 15 is 0 Å². The molecule has 0 saturated carbocycles. The van der Waals surface area contributed by atoms with Crippen LogP contribution in [0.15, 0.2) is 0 Å². The number of nitrogens with one attached hydrogen (secondary N) is 1. The van der Waals surface area contributed by atoms with Crippen LogP contribution in [0.3, 0.4) is 0 Å². The number of nitrogens with zero attached hydrogens (tertiary/aromatic N) is 1. The molecule has 1 rings (SSSR count). The molecule has 0 radical (unpaired) electrons. The molecule has 0 amide bonds. The van der Waals surface area contributed by atoms with Gasteiger partial charge in [0.05, 0.1) is 12.7 Å². The number of morpholine rings is 1. The van der Waals surface area contributed by atoms with Crippen molar-refractivity contribution in [3.8, 4) is 0 Å². The highest BCUT2D eigenvalue weighted by Crippen LogP contribution is 2.25. The average Bonchev–Trinajstić information content (AvgIpc) is 2.38. The minimum atomic E-state index is 0.360. The van der Waals surface area contributed by atoms with Crippen molar-refractivity contribution in [3.63, 3.8) is 0 Å². The van der Waals surface area contributed by atoms with Gasteiger partial charge < -0.3 is 10.1 Å². The zero-order valence-corrected chi connectivity index (χ0v) is 14.5. The summed E-state index contributed by atoms with van der Waals surface area (Å²) in [6.07, 6.45) is 2.79. The van der Waals surface area contributed by atoms with E-state index < -0.39 is 0 Å². The third-order valence-corrected chi connectivity index (χ3v) is 4.60. The van der Waals surface area contributed by atoms with E-state index in [1.807, 2.05) is 0 Å². The highest BCUT2D eigenvalue weighted by atomic mass is 16.5. The van der Waals surface area contributed by atoms with Gasteiger partial charge in [-0.3, -0.25) is 4.90 Å². The zero-order valence-electron chi connectivity index (χ0n) is 14.5. The first kappa shape index (κ1) is 17.9. The minimum Gasteiger partial charge on any atom is -0.376 e. The molecule has 1 fully saturated rings. The second-order valence-electron chi connectivity index (χ2n) is 7.32. The van der Waals surface area contributed by atoms with Crippen LogP contribution in [0.25, 0.3) is 0 Å². The Morgan fingerprint density at radius 1 is 1.35 bits per heavy atom. The van der Waals surface area contributed by atoms with Gasteiger partial charge in [0, 0.05) is 25.7 Å². The normalized spacial score (nSPS) is 27.8. The molecule has 1 saturated heterocycles. The van der Waals surface area contributed by atoms with Crippen molar-refractivity contribution in [3.05, 3.63) is 0 Å². The molecule has 3 heteroatoms. The van der Waals surface area contributed by atoms with Gasteiger partial charge in [-0.15, -0.1) is 0 Å². The van der Waals surface area contributed by atoms with E-state index in [0.717, 1.165) is 32.2 Å². The van der Waals surface area contributed by atoms with Crippen molar-refractivity contribution in [1.29, 1.82) is 0 Å². The zero-order chi connectivity index (χ0) is 15.2. The Kier molecular flexibility index (Phi) is 7.49. The van der Waals surface area contributed by atoms with Crippen LogP contribution in [-0.4, -0.2) is 49.8 Å². The fourth-order valence-electron chi connectivity index (χ4n) is 2.93. The van der Waals surface area contributed by atoms with E-state index in [0.29, 0.717) is 17.6 Å². The maximum absolute atomic E-state index is 5.82. The van der Waals surface area contributed by atoms with Gasteiger partial charge >= 0.3 is 0 Å². The predicted molar refractivity (Wildman–Crippen MR) is 87.2 cm³/mol. The summed E-state index contributed by atoms with van der Waals surface area (Å²) in [7, 11) is 0. The second-order valence-corrected chi connectivity index (χ2v) is 7.32. The lowest BCUT2D eigenvalue weighted by molar-refractivity contribution is -0.0681. The van der Waals surface area contributed by atoms with Crippen LogP contribution in [-0.2, 0) is 4.74 Å². The molecule has 0 spiro atoms. The Hall–Kier alpha value is -0.120. The molecule has 3 nitrogen and oxygen atoms in total. The molecule has 0 aromatic carbocycles. The number of ether oxygens (including phenoxy) is 1. The van der Waals surface area contributed by atoms with Crippen LogP contribution in [0.2, 0.25) is 0 Å². The van der Waals surface area contributed by atoms with Gasteiger partial charge in [0.25, 0.3) is 0 Å². The third kappa shape index (κ3) is 5.71. The lowest BCUT2D eigenvalue weighted by atomic mass is 9.85. The average molecular weight is 284 g/mol. The molecule has 20 heavy (non-hydrogen) atoms. The molecule has 1 heterocycles. The van der Waals surface area contributed by atoms with Crippen LogP contribution in [0, 0.1) is 11.3 Å². The van der Waals surface area contributed by atoms with Gasteiger partial charge in [-0.25, -0.2) is 0 Å². The van der Waals surface area contributed by atoms with Crippen molar-refractivity contribution in [2.45, 2.75) is 66.5 Å². The lowest BCUT2D eigenvalue weighted by Crippen LogP contribution is -2.53. The molecular weight excluding hydrogens is 248 g/mol. The number of hydrogen-bond donors (Lipinski definition) is 1. The van der Waals surface area contributed by atoms with Gasteiger partial charge in [0.1, 0.15) is 0 Å². The van der Waals surface area contributed by atoms with Gasteiger partial charge in [-0.1, -0.05) is 34.6 Å². The monoisotopic (exact) mass is 284 g/mol. The van der Waals surface area contributed by atoms with E-state index in [2.05, 4.69) is 51.8 Å². The molecule has 1 aliphatic rings. The van der Waals surface area contributed by atoms with Gasteiger partial charge in [0.2, 0.25) is 0 Å². The standard InChI is InChI=1S/C17H36N2O/c1-7-16-11-20-15(5)10-19(16)13-17(6,8-2)12-18-9-14(3)4/h14-16,18H,7-13H2,1-6H3. The van der Waals surface area contributed by atoms with E-state index in [4.69, 9.17) is 4.74 Å². The van der Waals surface area contributed by atoms with E-state index in [-0.39, 0.29) is 0 Å². The highest BCUT2D eigenvalue weighted by Gasteiger charge is 2.32. The summed E-state index contributed by atoms with van der Waals surface area (Å²) < 4.78 is 5.82. The van der Waals surface area contributed by atoms with Gasteiger partial charge in [-0.2, -0.15) is 0 Å². The summed E-state index contributed by atoms with van der Waals surface area (Å²) in [5.41, 5.74) is 0.360. The molecule has 3 unspecified atom stereocenters. The summed E-state index contributed by atoms with van der Waals surface area (Å²) in [6.45, 7) is 19.2. The first-order valence-electron chi connectivity index (χ1n) is 8.46. The fraction of sp³-hybridized carbons (Fsp3) is 1.00. The Bertz CT molecular complexity index is 270. The SMILES string of the molecule is CCC1COC(C)CN1CC(C)(CC)CNCC(C)C. The molecule has 120 valence electrons. The maximum atomic E-state index is 5.82. The topological polar surface area (TPSA) is 24.5 Å². The Labute approximate surface area is 126 Å². The van der Waals surface area contributed by atoms with Gasteiger partial charge in [-0.05, 0) is 37.6 Å². The Morgan fingerprint density at radius 2 is 2.05 bits per heavy atom. The summed E-state index contributed by atoms with van der Waals surface area (Å²) >= 11 is 0. The largest absolute Gasteiger partial charge is 0.376 e. The highest BCUT2D eigenvalue weighted by molar-refractivity contribution is 4.85. The smallest absolute Gasteiger partial charge is 0.0674 e. The molecule has 1 N–H and O–H groups in total. The van der Waals surface area contributed by atoms with Crippen molar-refractivity contribution < 1.29 is 4.74 Å². The molecule has 0 bridgehead atoms. The van der Waals surface area contributed by atoms with Crippen LogP contribution in [0.5, 0.6) is 0 Å². The molecule has 0 aromatic heterocycles. The third-order valence-electron chi connectivity index (χ3n) is 4.60. The summed E-state index contributed by atoms with van der Waals surface area (Å²) in [5.74, 6) is 0.725. The first-order valence-corrected chi connectivity index (χ1v) is 8.46. The maximum Gasteiger partial charge on any atom is 0.0674 e.